The molecule has 0 atom stereocenters. The third kappa shape index (κ3) is 2.04. The topological polar surface area (TPSA) is 47.0 Å². The average Bonchev–Trinajstić information content (AvgIpc) is 1.92. The third-order valence-corrected chi connectivity index (χ3v) is 3.31. The van der Waals surface area contributed by atoms with Gasteiger partial charge in [-0.1, -0.05) is 0 Å². The van der Waals surface area contributed by atoms with Crippen molar-refractivity contribution in [2.24, 2.45) is 0 Å². The van der Waals surface area contributed by atoms with E-state index in [1.54, 1.807) is 13.0 Å². The Morgan fingerprint density at radius 2 is 2.08 bits per heavy atom. The summed E-state index contributed by atoms with van der Waals surface area (Å²) in [6.45, 7) is 1.80. The molecule has 0 aromatic carbocycles. The van der Waals surface area contributed by atoms with Crippen molar-refractivity contribution in [1.82, 2.24) is 4.98 Å². The molecule has 0 radical (unpaired) electrons. The largest absolute Gasteiger partial charge is 0.259 e. The van der Waals surface area contributed by atoms with Gasteiger partial charge in [0.05, 0.1) is 10.6 Å². The van der Waals surface area contributed by atoms with Crippen molar-refractivity contribution in [3.05, 3.63) is 22.4 Å². The number of aromatic nitrogens is 1. The maximum atomic E-state index is 11.0. The molecule has 12 heavy (non-hydrogen) atoms. The molecule has 0 spiro atoms. The first kappa shape index (κ1) is 9.67. The van der Waals surface area contributed by atoms with Crippen LogP contribution in [0.3, 0.4) is 0 Å². The van der Waals surface area contributed by atoms with Gasteiger partial charge in [0.15, 0.2) is 9.84 Å². The highest BCUT2D eigenvalue weighted by atomic mass is 79.9. The maximum Gasteiger partial charge on any atom is 0.177 e. The Morgan fingerprint density at radius 3 is 2.50 bits per heavy atom. The van der Waals surface area contributed by atoms with Crippen LogP contribution >= 0.6 is 15.9 Å². The molecule has 66 valence electrons. The van der Waals surface area contributed by atoms with Gasteiger partial charge >= 0.3 is 0 Å². The number of rotatable bonds is 1. The summed E-state index contributed by atoms with van der Waals surface area (Å²) in [5.41, 5.74) is 0.780. The van der Waals surface area contributed by atoms with Crippen molar-refractivity contribution in [3.8, 4) is 0 Å². The monoisotopic (exact) mass is 249 g/mol. The van der Waals surface area contributed by atoms with Crippen LogP contribution in [0.15, 0.2) is 21.6 Å². The lowest BCUT2D eigenvalue weighted by molar-refractivity contribution is 0.601. The SMILES string of the molecule is Cc1ncc(S(C)(=O)=O)cc1Br. The van der Waals surface area contributed by atoms with Gasteiger partial charge in [-0.15, -0.1) is 0 Å². The predicted octanol–water partition coefficient (Wildman–Crippen LogP) is 1.56. The van der Waals surface area contributed by atoms with Gasteiger partial charge in [0.1, 0.15) is 0 Å². The smallest absolute Gasteiger partial charge is 0.177 e. The highest BCUT2D eigenvalue weighted by Gasteiger charge is 2.08. The second-order valence-corrected chi connectivity index (χ2v) is 5.38. The van der Waals surface area contributed by atoms with E-state index in [2.05, 4.69) is 20.9 Å². The molecule has 1 heterocycles. The van der Waals surface area contributed by atoms with Crippen molar-refractivity contribution in [3.63, 3.8) is 0 Å². The standard InChI is InChI=1S/C7H8BrNO2S/c1-5-7(8)3-6(4-9-5)12(2,10)11/h3-4H,1-2H3. The van der Waals surface area contributed by atoms with Gasteiger partial charge in [-0.05, 0) is 28.9 Å². The van der Waals surface area contributed by atoms with Gasteiger partial charge in [-0.2, -0.15) is 0 Å². The molecule has 0 aliphatic rings. The Labute approximate surface area is 79.9 Å². The van der Waals surface area contributed by atoms with E-state index in [0.29, 0.717) is 4.47 Å². The van der Waals surface area contributed by atoms with Crippen molar-refractivity contribution in [1.29, 1.82) is 0 Å². The minimum atomic E-state index is -3.13. The summed E-state index contributed by atoms with van der Waals surface area (Å²) in [7, 11) is -3.13. The van der Waals surface area contributed by atoms with E-state index in [9.17, 15) is 8.42 Å². The molecule has 0 fully saturated rings. The Hall–Kier alpha value is -0.420. The van der Waals surface area contributed by atoms with Gasteiger partial charge in [-0.3, -0.25) is 4.98 Å². The van der Waals surface area contributed by atoms with Gasteiger partial charge in [0.25, 0.3) is 0 Å². The number of nitrogens with zero attached hydrogens (tertiary/aromatic N) is 1. The second-order valence-electron chi connectivity index (χ2n) is 2.51. The van der Waals surface area contributed by atoms with Crippen molar-refractivity contribution in [2.45, 2.75) is 11.8 Å². The minimum Gasteiger partial charge on any atom is -0.259 e. The summed E-state index contributed by atoms with van der Waals surface area (Å²) in [6.07, 6.45) is 2.52. The summed E-state index contributed by atoms with van der Waals surface area (Å²) in [4.78, 5) is 4.16. The molecule has 1 rings (SSSR count). The van der Waals surface area contributed by atoms with Crippen LogP contribution < -0.4 is 0 Å². The first-order valence-corrected chi connectivity index (χ1v) is 5.92. The minimum absolute atomic E-state index is 0.236. The molecule has 0 bridgehead atoms. The summed E-state index contributed by atoms with van der Waals surface area (Å²) in [5.74, 6) is 0. The first-order valence-electron chi connectivity index (χ1n) is 3.23. The lowest BCUT2D eigenvalue weighted by Crippen LogP contribution is -1.98. The van der Waals surface area contributed by atoms with Crippen LogP contribution in [-0.4, -0.2) is 19.7 Å². The van der Waals surface area contributed by atoms with E-state index in [1.807, 2.05) is 0 Å². The molecule has 0 unspecified atom stereocenters. The van der Waals surface area contributed by atoms with Crippen LogP contribution in [-0.2, 0) is 9.84 Å². The number of sulfone groups is 1. The van der Waals surface area contributed by atoms with Crippen molar-refractivity contribution in [2.75, 3.05) is 6.26 Å². The molecule has 0 aliphatic carbocycles. The van der Waals surface area contributed by atoms with E-state index in [1.165, 1.54) is 6.20 Å². The van der Waals surface area contributed by atoms with E-state index in [4.69, 9.17) is 0 Å². The Morgan fingerprint density at radius 1 is 1.50 bits per heavy atom. The van der Waals surface area contributed by atoms with E-state index in [0.717, 1.165) is 11.9 Å². The Balaban J connectivity index is 3.33. The van der Waals surface area contributed by atoms with E-state index < -0.39 is 9.84 Å². The van der Waals surface area contributed by atoms with Crippen LogP contribution in [0.1, 0.15) is 5.69 Å². The van der Waals surface area contributed by atoms with E-state index >= 15 is 0 Å². The molecule has 0 saturated heterocycles. The van der Waals surface area contributed by atoms with E-state index in [-0.39, 0.29) is 4.90 Å². The predicted molar refractivity (Wildman–Crippen MR) is 49.8 cm³/mol. The Kier molecular flexibility index (Phi) is 2.53. The van der Waals surface area contributed by atoms with Crippen LogP contribution in [0.5, 0.6) is 0 Å². The maximum absolute atomic E-state index is 11.0. The molecule has 3 nitrogen and oxygen atoms in total. The summed E-state index contributed by atoms with van der Waals surface area (Å²) in [6, 6.07) is 1.55. The molecular weight excluding hydrogens is 242 g/mol. The van der Waals surface area contributed by atoms with Gasteiger partial charge in [0.2, 0.25) is 0 Å². The van der Waals surface area contributed by atoms with Crippen LogP contribution in [0.25, 0.3) is 0 Å². The Bertz CT molecular complexity index is 400. The summed E-state index contributed by atoms with van der Waals surface area (Å²) < 4.78 is 22.8. The normalized spacial score (nSPS) is 11.6. The fourth-order valence-corrected chi connectivity index (χ4v) is 1.77. The zero-order valence-corrected chi connectivity index (χ0v) is 9.11. The van der Waals surface area contributed by atoms with Gasteiger partial charge in [-0.25, -0.2) is 8.42 Å². The fraction of sp³-hybridized carbons (Fsp3) is 0.286. The number of hydrogen-bond donors (Lipinski definition) is 0. The number of halogens is 1. The van der Waals surface area contributed by atoms with Crippen LogP contribution in [0, 0.1) is 6.92 Å². The molecule has 0 N–H and O–H groups in total. The zero-order chi connectivity index (χ0) is 9.35. The van der Waals surface area contributed by atoms with Crippen LogP contribution in [0.2, 0.25) is 0 Å². The molecule has 1 aromatic heterocycles. The second kappa shape index (κ2) is 3.14. The summed E-state index contributed by atoms with van der Waals surface area (Å²) in [5, 5.41) is 0. The number of hydrogen-bond acceptors (Lipinski definition) is 3. The van der Waals surface area contributed by atoms with Crippen molar-refractivity contribution < 1.29 is 8.42 Å². The zero-order valence-electron chi connectivity index (χ0n) is 6.70. The summed E-state index contributed by atoms with van der Waals surface area (Å²) >= 11 is 3.21. The fourth-order valence-electron chi connectivity index (χ4n) is 0.691. The highest BCUT2D eigenvalue weighted by Crippen LogP contribution is 2.17. The number of aryl methyl sites for hydroxylation is 1. The van der Waals surface area contributed by atoms with Gasteiger partial charge < -0.3 is 0 Å². The molecule has 5 heteroatoms. The lowest BCUT2D eigenvalue weighted by Gasteiger charge is -2.00. The molecular formula is C7H8BrNO2S. The lowest BCUT2D eigenvalue weighted by atomic mass is 10.4. The first-order chi connectivity index (χ1) is 5.41. The molecule has 1 aromatic rings. The highest BCUT2D eigenvalue weighted by molar-refractivity contribution is 9.10. The quantitative estimate of drug-likeness (QED) is 0.759. The number of pyridine rings is 1. The molecule has 0 saturated carbocycles. The van der Waals surface area contributed by atoms with Crippen LogP contribution in [0.4, 0.5) is 0 Å². The van der Waals surface area contributed by atoms with Gasteiger partial charge in [0, 0.05) is 16.9 Å². The average molecular weight is 250 g/mol. The molecule has 0 aliphatic heterocycles. The molecule has 0 amide bonds. The third-order valence-electron chi connectivity index (χ3n) is 1.43. The van der Waals surface area contributed by atoms with Crippen molar-refractivity contribution >= 4 is 25.8 Å².